The first kappa shape index (κ1) is 17.3. The lowest BCUT2D eigenvalue weighted by Crippen LogP contribution is -2.57. The van der Waals surface area contributed by atoms with Crippen LogP contribution in [0, 0.1) is 0 Å². The van der Waals surface area contributed by atoms with Gasteiger partial charge in [-0.1, -0.05) is 6.08 Å². The van der Waals surface area contributed by atoms with E-state index in [0.29, 0.717) is 18.0 Å². The molecule has 1 aromatic carbocycles. The molecule has 1 aromatic rings. The summed E-state index contributed by atoms with van der Waals surface area (Å²) in [5.74, 6) is 1.15. The second kappa shape index (κ2) is 5.37. The molecule has 4 aliphatic rings. The van der Waals surface area contributed by atoms with E-state index in [1.807, 2.05) is 39.0 Å². The summed E-state index contributed by atoms with van der Waals surface area (Å²) in [6.07, 6.45) is 4.38. The van der Waals surface area contributed by atoms with Crippen LogP contribution in [0.25, 0.3) is 0 Å². The number of ether oxygens (including phenoxy) is 2. The number of likely N-dealkylation sites (tertiary alicyclic amines) is 1. The molecule has 3 atom stereocenters. The maximum absolute atomic E-state index is 13.6. The van der Waals surface area contributed by atoms with E-state index < -0.39 is 17.0 Å². The molecule has 0 saturated carbocycles. The molecular formula is C21H22N2O5. The number of hydrogen-bond donors (Lipinski definition) is 0. The van der Waals surface area contributed by atoms with Gasteiger partial charge in [-0.15, -0.1) is 0 Å². The largest absolute Gasteiger partial charge is 0.454 e. The van der Waals surface area contributed by atoms with Gasteiger partial charge in [0.2, 0.25) is 19.1 Å². The van der Waals surface area contributed by atoms with Crippen LogP contribution >= 0.6 is 0 Å². The lowest BCUT2D eigenvalue weighted by molar-refractivity contribution is -0.141. The van der Waals surface area contributed by atoms with Crippen LogP contribution in [0.5, 0.6) is 11.5 Å². The lowest BCUT2D eigenvalue weighted by atomic mass is 9.63. The highest BCUT2D eigenvalue weighted by Gasteiger charge is 2.66. The number of benzene rings is 1. The van der Waals surface area contributed by atoms with Gasteiger partial charge in [-0.2, -0.15) is 0 Å². The maximum Gasteiger partial charge on any atom is 0.247 e. The predicted molar refractivity (Wildman–Crippen MR) is 98.8 cm³/mol. The highest BCUT2D eigenvalue weighted by atomic mass is 16.7. The van der Waals surface area contributed by atoms with Crippen LogP contribution < -0.4 is 9.47 Å². The second-order valence-electron chi connectivity index (χ2n) is 8.87. The van der Waals surface area contributed by atoms with Gasteiger partial charge >= 0.3 is 0 Å². The van der Waals surface area contributed by atoms with Crippen LogP contribution in [-0.4, -0.2) is 52.3 Å². The van der Waals surface area contributed by atoms with Crippen LogP contribution in [0.4, 0.5) is 0 Å². The van der Waals surface area contributed by atoms with Crippen LogP contribution in [0.15, 0.2) is 24.3 Å². The Morgan fingerprint density at radius 2 is 1.89 bits per heavy atom. The number of rotatable bonds is 1. The summed E-state index contributed by atoms with van der Waals surface area (Å²) in [5.41, 5.74) is 0.588. The van der Waals surface area contributed by atoms with E-state index in [2.05, 4.69) is 0 Å². The Labute approximate surface area is 162 Å². The Kier molecular flexibility index (Phi) is 3.31. The van der Waals surface area contributed by atoms with Crippen molar-refractivity contribution in [2.45, 2.75) is 56.8 Å². The zero-order chi connectivity index (χ0) is 19.8. The van der Waals surface area contributed by atoms with Crippen molar-refractivity contribution in [1.29, 1.82) is 0 Å². The molecule has 0 N–H and O–H groups in total. The zero-order valence-electron chi connectivity index (χ0n) is 16.1. The fourth-order valence-corrected chi connectivity index (χ4v) is 5.37. The summed E-state index contributed by atoms with van der Waals surface area (Å²) in [6.45, 7) is 6.36. The zero-order valence-corrected chi connectivity index (χ0v) is 16.1. The lowest BCUT2D eigenvalue weighted by Gasteiger charge is -2.47. The van der Waals surface area contributed by atoms with E-state index in [9.17, 15) is 14.4 Å². The predicted octanol–water partition coefficient (Wildman–Crippen LogP) is 1.53. The summed E-state index contributed by atoms with van der Waals surface area (Å²) in [5, 5.41) is 0. The smallest absolute Gasteiger partial charge is 0.247 e. The third kappa shape index (κ3) is 2.02. The third-order valence-corrected chi connectivity index (χ3v) is 6.33. The SMILES string of the molecule is CC(C)(C)N1C(=O)[C@H]2N(C=O)Cc3cc4c(cc3[C@]23C=CC(=O)C[C@H]13)OCO4. The van der Waals surface area contributed by atoms with Gasteiger partial charge in [0.05, 0.1) is 11.5 Å². The van der Waals surface area contributed by atoms with Gasteiger partial charge < -0.3 is 19.3 Å². The molecule has 0 unspecified atom stereocenters. The van der Waals surface area contributed by atoms with E-state index >= 15 is 0 Å². The molecule has 0 aromatic heterocycles. The Morgan fingerprint density at radius 3 is 2.57 bits per heavy atom. The van der Waals surface area contributed by atoms with E-state index in [1.54, 1.807) is 15.9 Å². The maximum atomic E-state index is 13.6. The second-order valence-corrected chi connectivity index (χ2v) is 8.87. The van der Waals surface area contributed by atoms with Crippen molar-refractivity contribution in [2.24, 2.45) is 0 Å². The molecule has 5 rings (SSSR count). The number of amides is 2. The van der Waals surface area contributed by atoms with Gasteiger partial charge in [0.1, 0.15) is 6.04 Å². The first-order valence-electron chi connectivity index (χ1n) is 9.46. The fraction of sp³-hybridized carbons (Fsp3) is 0.476. The van der Waals surface area contributed by atoms with Gasteiger partial charge in [0.15, 0.2) is 17.3 Å². The number of ketones is 1. The van der Waals surface area contributed by atoms with Crippen molar-refractivity contribution in [1.82, 2.24) is 9.80 Å². The number of nitrogens with zero attached hydrogens (tertiary/aromatic N) is 2. The molecular weight excluding hydrogens is 360 g/mol. The molecule has 1 spiro atoms. The van der Waals surface area contributed by atoms with Gasteiger partial charge in [0.25, 0.3) is 0 Å². The Morgan fingerprint density at radius 1 is 1.18 bits per heavy atom. The minimum absolute atomic E-state index is 0.0103. The molecule has 7 heteroatoms. The molecule has 28 heavy (non-hydrogen) atoms. The average molecular weight is 382 g/mol. The topological polar surface area (TPSA) is 76.2 Å². The van der Waals surface area contributed by atoms with Crippen LogP contribution in [0.3, 0.4) is 0 Å². The summed E-state index contributed by atoms with van der Waals surface area (Å²) in [7, 11) is 0. The normalized spacial score (nSPS) is 30.2. The van der Waals surface area contributed by atoms with E-state index in [0.717, 1.165) is 17.5 Å². The molecule has 0 bridgehead atoms. The highest BCUT2D eigenvalue weighted by Crippen LogP contribution is 2.55. The molecule has 1 fully saturated rings. The monoisotopic (exact) mass is 382 g/mol. The van der Waals surface area contributed by atoms with Gasteiger partial charge in [0, 0.05) is 18.5 Å². The van der Waals surface area contributed by atoms with E-state index in [4.69, 9.17) is 9.47 Å². The minimum Gasteiger partial charge on any atom is -0.454 e. The first-order chi connectivity index (χ1) is 13.3. The molecule has 1 aliphatic carbocycles. The first-order valence-corrected chi connectivity index (χ1v) is 9.46. The Bertz CT molecular complexity index is 947. The molecule has 1 saturated heterocycles. The Hall–Kier alpha value is -2.83. The minimum atomic E-state index is -0.784. The molecule has 2 amide bonds. The summed E-state index contributed by atoms with van der Waals surface area (Å²) in [4.78, 5) is 41.3. The van der Waals surface area contributed by atoms with Crippen molar-refractivity contribution >= 4 is 18.1 Å². The highest BCUT2D eigenvalue weighted by molar-refractivity contribution is 5.98. The van der Waals surface area contributed by atoms with Crippen LogP contribution in [0.2, 0.25) is 0 Å². The number of fused-ring (bicyclic) bond motifs is 2. The molecule has 3 heterocycles. The number of allylic oxidation sites excluding steroid dienone is 1. The van der Waals surface area contributed by atoms with Gasteiger partial charge in [-0.3, -0.25) is 14.4 Å². The van der Waals surface area contributed by atoms with Crippen LogP contribution in [-0.2, 0) is 26.3 Å². The summed E-state index contributed by atoms with van der Waals surface area (Å²) < 4.78 is 11.1. The van der Waals surface area contributed by atoms with Crippen molar-refractivity contribution in [3.63, 3.8) is 0 Å². The Balaban J connectivity index is 1.81. The van der Waals surface area contributed by atoms with E-state index in [-0.39, 0.29) is 30.9 Å². The molecule has 146 valence electrons. The van der Waals surface area contributed by atoms with Crippen molar-refractivity contribution in [2.75, 3.05) is 6.79 Å². The summed E-state index contributed by atoms with van der Waals surface area (Å²) in [6, 6.07) is 2.79. The van der Waals surface area contributed by atoms with Crippen molar-refractivity contribution < 1.29 is 23.9 Å². The van der Waals surface area contributed by atoms with Crippen molar-refractivity contribution in [3.8, 4) is 11.5 Å². The van der Waals surface area contributed by atoms with Crippen molar-refractivity contribution in [3.05, 3.63) is 35.4 Å². The average Bonchev–Trinajstić information content (AvgIpc) is 3.18. The van der Waals surface area contributed by atoms with Gasteiger partial charge in [-0.25, -0.2) is 0 Å². The number of hydrogen-bond acceptors (Lipinski definition) is 5. The third-order valence-electron chi connectivity index (χ3n) is 6.33. The molecule has 3 aliphatic heterocycles. The van der Waals surface area contributed by atoms with Gasteiger partial charge in [-0.05, 0) is 50.1 Å². The fourth-order valence-electron chi connectivity index (χ4n) is 5.37. The standard InChI is InChI=1S/C21H22N2O5/c1-20(2,3)23-17-7-13(25)4-5-21(17)14-8-16-15(27-11-28-16)6-12(14)9-22(10-24)18(21)19(23)26/h4-6,8,10,17-18H,7,9,11H2,1-3H3/t17-,18+,21-/m0/s1. The van der Waals surface area contributed by atoms with E-state index in [1.165, 1.54) is 0 Å². The molecule has 7 nitrogen and oxygen atoms in total. The quantitative estimate of drug-likeness (QED) is 0.689. The summed E-state index contributed by atoms with van der Waals surface area (Å²) >= 11 is 0. The van der Waals surface area contributed by atoms with Crippen LogP contribution in [0.1, 0.15) is 38.3 Å². The molecule has 0 radical (unpaired) electrons. The number of carbonyl (C=O) groups is 3. The number of carbonyl (C=O) groups excluding carboxylic acids is 3.